The van der Waals surface area contributed by atoms with Crippen molar-refractivity contribution in [2.45, 2.75) is 82.2 Å². The van der Waals surface area contributed by atoms with E-state index in [0.717, 1.165) is 25.9 Å². The summed E-state index contributed by atoms with van der Waals surface area (Å²) in [5, 5.41) is 23.9. The Morgan fingerprint density at radius 2 is 1.90 bits per heavy atom. The Labute approximate surface area is 240 Å². The Balaban J connectivity index is 1.06. The van der Waals surface area contributed by atoms with Crippen LogP contribution in [0.4, 0.5) is 0 Å². The Hall–Kier alpha value is -2.79. The van der Waals surface area contributed by atoms with Gasteiger partial charge in [0.05, 0.1) is 25.3 Å². The molecule has 1 amide bonds. The molecule has 0 radical (unpaired) electrons. The molecule has 2 N–H and O–H groups in total. The van der Waals surface area contributed by atoms with Gasteiger partial charge in [-0.05, 0) is 64.0 Å². The van der Waals surface area contributed by atoms with Crippen molar-refractivity contribution in [3.63, 3.8) is 0 Å². The van der Waals surface area contributed by atoms with Gasteiger partial charge in [0.2, 0.25) is 5.91 Å². The first kappa shape index (κ1) is 29.7. The van der Waals surface area contributed by atoms with Gasteiger partial charge < -0.3 is 43.9 Å². The standard InChI is InChI=1S/C29H40N4O8/c1-17-15-33(21(13-30)25(17)39-27(36)18-5-7-20(37-4)8-6-18)23(34)14-31-19-9-11-32(12-10-19)16-22-24(35)26-28(38-22)41-29(2,3)40-26/h5-8,17,19,21-22,24-26,28,31,35H,9-12,14-16H2,1-4H3/t17?,21-,22-,24+,25?,26-,28-/m1/s1. The number of piperidine rings is 1. The monoisotopic (exact) mass is 572 g/mol. The molecule has 12 heteroatoms. The summed E-state index contributed by atoms with van der Waals surface area (Å²) in [6.07, 6.45) is -1.18. The molecule has 0 aromatic heterocycles. The van der Waals surface area contributed by atoms with Crippen molar-refractivity contribution in [3.8, 4) is 11.8 Å². The minimum absolute atomic E-state index is 0.104. The molecule has 0 aliphatic carbocycles. The first-order valence-corrected chi connectivity index (χ1v) is 14.3. The number of carbonyl (C=O) groups is 2. The molecule has 5 rings (SSSR count). The van der Waals surface area contributed by atoms with E-state index in [1.165, 1.54) is 4.90 Å². The van der Waals surface area contributed by atoms with E-state index in [1.807, 2.05) is 6.92 Å². The number of fused-ring (bicyclic) bond motifs is 1. The second-order valence-corrected chi connectivity index (χ2v) is 11.8. The summed E-state index contributed by atoms with van der Waals surface area (Å²) >= 11 is 0. The largest absolute Gasteiger partial charge is 0.497 e. The first-order chi connectivity index (χ1) is 19.6. The fourth-order valence-corrected chi connectivity index (χ4v) is 6.13. The zero-order valence-corrected chi connectivity index (χ0v) is 24.0. The number of likely N-dealkylation sites (tertiary alicyclic amines) is 2. The molecule has 41 heavy (non-hydrogen) atoms. The molecule has 12 nitrogen and oxygen atoms in total. The summed E-state index contributed by atoms with van der Waals surface area (Å²) in [4.78, 5) is 29.6. The van der Waals surface area contributed by atoms with Crippen LogP contribution in [0.3, 0.4) is 0 Å². The van der Waals surface area contributed by atoms with Crippen LogP contribution in [0.2, 0.25) is 0 Å². The number of nitriles is 1. The van der Waals surface area contributed by atoms with E-state index in [0.29, 0.717) is 24.4 Å². The fourth-order valence-electron chi connectivity index (χ4n) is 6.13. The van der Waals surface area contributed by atoms with Gasteiger partial charge in [0.1, 0.15) is 30.2 Å². The third kappa shape index (κ3) is 6.51. The van der Waals surface area contributed by atoms with Crippen LogP contribution in [-0.2, 0) is 23.7 Å². The van der Waals surface area contributed by atoms with Gasteiger partial charge in [-0.25, -0.2) is 4.79 Å². The molecule has 4 saturated heterocycles. The second kappa shape index (κ2) is 12.2. The molecule has 0 saturated carbocycles. The molecule has 1 aromatic carbocycles. The van der Waals surface area contributed by atoms with Crippen LogP contribution in [0.25, 0.3) is 0 Å². The number of nitrogens with zero attached hydrogens (tertiary/aromatic N) is 3. The summed E-state index contributed by atoms with van der Waals surface area (Å²) in [6, 6.07) is 8.04. The summed E-state index contributed by atoms with van der Waals surface area (Å²) in [5.74, 6) is -1.04. The highest BCUT2D eigenvalue weighted by Gasteiger charge is 2.54. The van der Waals surface area contributed by atoms with Crippen molar-refractivity contribution in [1.82, 2.24) is 15.1 Å². The number of amides is 1. The van der Waals surface area contributed by atoms with E-state index in [1.54, 1.807) is 45.2 Å². The molecule has 4 aliphatic heterocycles. The maximum absolute atomic E-state index is 13.1. The number of aliphatic hydroxyl groups is 1. The lowest BCUT2D eigenvalue weighted by Gasteiger charge is -2.35. The number of aliphatic hydroxyl groups excluding tert-OH is 1. The number of rotatable bonds is 8. The molecule has 1 aromatic rings. The molecule has 4 aliphatic rings. The third-order valence-corrected chi connectivity index (χ3v) is 8.40. The van der Waals surface area contributed by atoms with Crippen LogP contribution >= 0.6 is 0 Å². The summed E-state index contributed by atoms with van der Waals surface area (Å²) < 4.78 is 28.3. The zero-order valence-electron chi connectivity index (χ0n) is 24.0. The van der Waals surface area contributed by atoms with Crippen molar-refractivity contribution >= 4 is 11.9 Å². The number of carbonyl (C=O) groups excluding carboxylic acids is 2. The molecular weight excluding hydrogens is 532 g/mol. The number of nitrogens with one attached hydrogen (secondary N) is 1. The van der Waals surface area contributed by atoms with Gasteiger partial charge in [-0.3, -0.25) is 4.79 Å². The Morgan fingerprint density at radius 3 is 2.54 bits per heavy atom. The maximum atomic E-state index is 13.1. The van der Waals surface area contributed by atoms with Crippen LogP contribution < -0.4 is 10.1 Å². The molecular formula is C29H40N4O8. The summed E-state index contributed by atoms with van der Waals surface area (Å²) in [7, 11) is 1.55. The number of methoxy groups -OCH3 is 1. The predicted molar refractivity (Wildman–Crippen MR) is 145 cm³/mol. The number of benzene rings is 1. The Kier molecular flexibility index (Phi) is 8.84. The van der Waals surface area contributed by atoms with E-state index in [4.69, 9.17) is 23.7 Å². The van der Waals surface area contributed by atoms with E-state index in [9.17, 15) is 20.0 Å². The number of esters is 1. The van der Waals surface area contributed by atoms with Crippen molar-refractivity contribution in [1.29, 1.82) is 5.26 Å². The Morgan fingerprint density at radius 1 is 1.20 bits per heavy atom. The van der Waals surface area contributed by atoms with Crippen LogP contribution in [0, 0.1) is 17.2 Å². The van der Waals surface area contributed by atoms with Gasteiger partial charge in [0, 0.05) is 25.0 Å². The molecule has 224 valence electrons. The predicted octanol–water partition coefficient (Wildman–Crippen LogP) is 0.882. The highest BCUT2D eigenvalue weighted by Crippen LogP contribution is 2.37. The van der Waals surface area contributed by atoms with E-state index < -0.39 is 42.4 Å². The number of hydrogen-bond acceptors (Lipinski definition) is 11. The van der Waals surface area contributed by atoms with Crippen LogP contribution in [0.15, 0.2) is 24.3 Å². The molecule has 7 atom stereocenters. The average Bonchev–Trinajstić information content (AvgIpc) is 3.55. The van der Waals surface area contributed by atoms with Crippen molar-refractivity contribution < 1.29 is 38.4 Å². The normalized spacial score (nSPS) is 33.4. The van der Waals surface area contributed by atoms with Crippen LogP contribution in [0.1, 0.15) is 44.0 Å². The van der Waals surface area contributed by atoms with Crippen molar-refractivity contribution in [2.75, 3.05) is 39.8 Å². The van der Waals surface area contributed by atoms with Crippen molar-refractivity contribution in [2.24, 2.45) is 5.92 Å². The molecule has 4 fully saturated rings. The Bertz CT molecular complexity index is 1130. The minimum atomic E-state index is -0.848. The second-order valence-electron chi connectivity index (χ2n) is 11.8. The first-order valence-electron chi connectivity index (χ1n) is 14.3. The summed E-state index contributed by atoms with van der Waals surface area (Å²) in [6.45, 7) is 8.11. The zero-order chi connectivity index (χ0) is 29.3. The molecule has 0 bridgehead atoms. The van der Waals surface area contributed by atoms with Crippen LogP contribution in [0.5, 0.6) is 5.75 Å². The lowest BCUT2D eigenvalue weighted by atomic mass is 10.0. The highest BCUT2D eigenvalue weighted by molar-refractivity contribution is 5.89. The minimum Gasteiger partial charge on any atom is -0.497 e. The van der Waals surface area contributed by atoms with Crippen molar-refractivity contribution in [3.05, 3.63) is 29.8 Å². The highest BCUT2D eigenvalue weighted by atomic mass is 16.8. The third-order valence-electron chi connectivity index (χ3n) is 8.40. The van der Waals surface area contributed by atoms with E-state index in [2.05, 4.69) is 16.3 Å². The van der Waals surface area contributed by atoms with Gasteiger partial charge in [0.25, 0.3) is 0 Å². The van der Waals surface area contributed by atoms with E-state index in [-0.39, 0.29) is 30.5 Å². The summed E-state index contributed by atoms with van der Waals surface area (Å²) in [5.41, 5.74) is 0.356. The maximum Gasteiger partial charge on any atom is 0.338 e. The van der Waals surface area contributed by atoms with E-state index >= 15 is 0 Å². The molecule has 0 spiro atoms. The quantitative estimate of drug-likeness (QED) is 0.429. The van der Waals surface area contributed by atoms with Gasteiger partial charge in [-0.1, -0.05) is 6.92 Å². The van der Waals surface area contributed by atoms with Gasteiger partial charge in [0.15, 0.2) is 18.1 Å². The molecule has 4 heterocycles. The smallest absolute Gasteiger partial charge is 0.338 e. The van der Waals surface area contributed by atoms with Gasteiger partial charge in [-0.2, -0.15) is 5.26 Å². The van der Waals surface area contributed by atoms with Gasteiger partial charge >= 0.3 is 5.97 Å². The lowest BCUT2D eigenvalue weighted by molar-refractivity contribution is -0.216. The number of hydrogen-bond donors (Lipinski definition) is 2. The van der Waals surface area contributed by atoms with Crippen LogP contribution in [-0.4, -0.2) is 115 Å². The molecule has 2 unspecified atom stereocenters. The fraction of sp³-hybridized carbons (Fsp3) is 0.690. The van der Waals surface area contributed by atoms with Gasteiger partial charge in [-0.15, -0.1) is 0 Å². The average molecular weight is 573 g/mol. The lowest BCUT2D eigenvalue weighted by Crippen LogP contribution is -2.50. The topological polar surface area (TPSA) is 143 Å². The SMILES string of the molecule is COc1ccc(C(=O)OC2C(C)CN(C(=O)CNC3CCN(C[C@H]4O[C@@H]5OC(C)(C)O[C@@H]5[C@H]4O)CC3)[C@@H]2C#N)cc1. The number of ether oxygens (including phenoxy) is 5.